The van der Waals surface area contributed by atoms with E-state index in [1.54, 1.807) is 0 Å². The van der Waals surface area contributed by atoms with Gasteiger partial charge in [0.1, 0.15) is 5.58 Å². The van der Waals surface area contributed by atoms with Crippen LogP contribution in [0, 0.1) is 24.0 Å². The zero-order valence-corrected chi connectivity index (χ0v) is 12.6. The van der Waals surface area contributed by atoms with Gasteiger partial charge in [-0.3, -0.25) is 14.9 Å². The van der Waals surface area contributed by atoms with E-state index in [0.29, 0.717) is 11.3 Å². The van der Waals surface area contributed by atoms with Crippen LogP contribution in [0.15, 0.2) is 46.9 Å². The zero-order chi connectivity index (χ0) is 16.6. The first-order chi connectivity index (χ1) is 11.0. The average Bonchev–Trinajstić information content (AvgIpc) is 2.85. The van der Waals surface area contributed by atoms with Gasteiger partial charge in [0.05, 0.1) is 4.92 Å². The molecule has 1 amide bonds. The Morgan fingerprint density at radius 3 is 2.48 bits per heavy atom. The Kier molecular flexibility index (Phi) is 3.57. The molecular weight excluding hydrogens is 296 g/mol. The van der Waals surface area contributed by atoms with Gasteiger partial charge in [-0.25, -0.2) is 0 Å². The van der Waals surface area contributed by atoms with E-state index in [-0.39, 0.29) is 17.4 Å². The molecule has 0 unspecified atom stereocenters. The van der Waals surface area contributed by atoms with Gasteiger partial charge < -0.3 is 9.73 Å². The fourth-order valence-electron chi connectivity index (χ4n) is 2.41. The van der Waals surface area contributed by atoms with Crippen molar-refractivity contribution in [2.24, 2.45) is 0 Å². The van der Waals surface area contributed by atoms with Crippen LogP contribution in [0.25, 0.3) is 11.0 Å². The molecule has 0 saturated heterocycles. The van der Waals surface area contributed by atoms with E-state index in [2.05, 4.69) is 5.32 Å². The Morgan fingerprint density at radius 1 is 1.13 bits per heavy atom. The first-order valence-corrected chi connectivity index (χ1v) is 7.01. The summed E-state index contributed by atoms with van der Waals surface area (Å²) in [5.74, 6) is -0.144. The van der Waals surface area contributed by atoms with Crippen molar-refractivity contribution in [3.63, 3.8) is 0 Å². The summed E-state index contributed by atoms with van der Waals surface area (Å²) in [6.07, 6.45) is 0. The van der Waals surface area contributed by atoms with E-state index in [1.807, 2.05) is 32.0 Å². The predicted octanol–water partition coefficient (Wildman–Crippen LogP) is 4.21. The number of hydrogen-bond acceptors (Lipinski definition) is 4. The standard InChI is InChI=1S/C17H14N2O4/c1-10-3-8-15-14(9-10)11(2)16(23-15)17(20)18-12-4-6-13(7-5-12)19(21)22/h3-9H,1-2H3,(H,18,20). The number of nitrogens with one attached hydrogen (secondary N) is 1. The molecule has 0 spiro atoms. The molecule has 0 saturated carbocycles. The largest absolute Gasteiger partial charge is 0.451 e. The molecule has 0 radical (unpaired) electrons. The summed E-state index contributed by atoms with van der Waals surface area (Å²) in [5, 5.41) is 14.2. The smallest absolute Gasteiger partial charge is 0.291 e. The molecule has 0 aliphatic rings. The van der Waals surface area contributed by atoms with Crippen molar-refractivity contribution in [3.05, 3.63) is 69.5 Å². The highest BCUT2D eigenvalue weighted by Crippen LogP contribution is 2.27. The number of fused-ring (bicyclic) bond motifs is 1. The molecule has 2 aromatic carbocycles. The maximum absolute atomic E-state index is 12.4. The van der Waals surface area contributed by atoms with Gasteiger partial charge in [0, 0.05) is 28.8 Å². The lowest BCUT2D eigenvalue weighted by Crippen LogP contribution is -2.12. The van der Waals surface area contributed by atoms with Gasteiger partial charge in [-0.05, 0) is 38.1 Å². The van der Waals surface area contributed by atoms with Crippen LogP contribution in [0.2, 0.25) is 0 Å². The number of anilines is 1. The zero-order valence-electron chi connectivity index (χ0n) is 12.6. The van der Waals surface area contributed by atoms with Gasteiger partial charge in [0.25, 0.3) is 11.6 Å². The second-order valence-corrected chi connectivity index (χ2v) is 5.31. The third kappa shape index (κ3) is 2.78. The first-order valence-electron chi connectivity index (χ1n) is 7.01. The van der Waals surface area contributed by atoms with Gasteiger partial charge in [0.2, 0.25) is 0 Å². The summed E-state index contributed by atoms with van der Waals surface area (Å²) in [6, 6.07) is 11.4. The number of carbonyl (C=O) groups excluding carboxylic acids is 1. The van der Waals surface area contributed by atoms with Crippen molar-refractivity contribution < 1.29 is 14.1 Å². The average molecular weight is 310 g/mol. The van der Waals surface area contributed by atoms with Crippen LogP contribution in [0.1, 0.15) is 21.7 Å². The number of aryl methyl sites for hydroxylation is 2. The molecule has 0 atom stereocenters. The Bertz CT molecular complexity index is 910. The second-order valence-electron chi connectivity index (χ2n) is 5.31. The van der Waals surface area contributed by atoms with Crippen molar-refractivity contribution in [1.82, 2.24) is 0 Å². The number of non-ortho nitro benzene ring substituents is 1. The van der Waals surface area contributed by atoms with Crippen molar-refractivity contribution >= 4 is 28.3 Å². The molecule has 1 aromatic heterocycles. The molecule has 6 heteroatoms. The molecule has 6 nitrogen and oxygen atoms in total. The molecule has 1 heterocycles. The third-order valence-corrected chi connectivity index (χ3v) is 3.63. The Balaban J connectivity index is 1.88. The Hall–Kier alpha value is -3.15. The van der Waals surface area contributed by atoms with E-state index in [4.69, 9.17) is 4.42 Å². The Morgan fingerprint density at radius 2 is 1.83 bits per heavy atom. The predicted molar refractivity (Wildman–Crippen MR) is 86.7 cm³/mol. The van der Waals surface area contributed by atoms with E-state index < -0.39 is 4.92 Å². The molecule has 3 rings (SSSR count). The lowest BCUT2D eigenvalue weighted by Gasteiger charge is -2.03. The highest BCUT2D eigenvalue weighted by atomic mass is 16.6. The van der Waals surface area contributed by atoms with Gasteiger partial charge in [-0.1, -0.05) is 11.6 Å². The fourth-order valence-corrected chi connectivity index (χ4v) is 2.41. The maximum Gasteiger partial charge on any atom is 0.291 e. The molecule has 1 N–H and O–H groups in total. The summed E-state index contributed by atoms with van der Waals surface area (Å²) in [5.41, 5.74) is 2.95. The molecular formula is C17H14N2O4. The van der Waals surface area contributed by atoms with Crippen LogP contribution in [0.5, 0.6) is 0 Å². The molecule has 0 aliphatic heterocycles. The number of furan rings is 1. The van der Waals surface area contributed by atoms with E-state index in [0.717, 1.165) is 16.5 Å². The quantitative estimate of drug-likeness (QED) is 0.580. The Labute approximate surface area is 131 Å². The first kappa shape index (κ1) is 14.8. The summed E-state index contributed by atoms with van der Waals surface area (Å²) in [4.78, 5) is 22.5. The molecule has 116 valence electrons. The summed E-state index contributed by atoms with van der Waals surface area (Å²) in [6.45, 7) is 3.80. The summed E-state index contributed by atoms with van der Waals surface area (Å²) < 4.78 is 5.63. The van der Waals surface area contributed by atoms with Crippen LogP contribution in [-0.2, 0) is 0 Å². The van der Waals surface area contributed by atoms with Crippen molar-refractivity contribution in [2.75, 3.05) is 5.32 Å². The lowest BCUT2D eigenvalue weighted by molar-refractivity contribution is -0.384. The fraction of sp³-hybridized carbons (Fsp3) is 0.118. The van der Waals surface area contributed by atoms with Gasteiger partial charge in [-0.15, -0.1) is 0 Å². The van der Waals surface area contributed by atoms with Gasteiger partial charge >= 0.3 is 0 Å². The molecule has 3 aromatic rings. The van der Waals surface area contributed by atoms with Crippen LogP contribution in [-0.4, -0.2) is 10.8 Å². The van der Waals surface area contributed by atoms with Crippen molar-refractivity contribution in [3.8, 4) is 0 Å². The number of rotatable bonds is 3. The van der Waals surface area contributed by atoms with Gasteiger partial charge in [-0.2, -0.15) is 0 Å². The van der Waals surface area contributed by atoms with Crippen molar-refractivity contribution in [1.29, 1.82) is 0 Å². The normalized spacial score (nSPS) is 10.7. The number of amides is 1. The van der Waals surface area contributed by atoms with Crippen LogP contribution in [0.4, 0.5) is 11.4 Å². The summed E-state index contributed by atoms with van der Waals surface area (Å²) >= 11 is 0. The minimum atomic E-state index is -0.489. The molecule has 23 heavy (non-hydrogen) atoms. The van der Waals surface area contributed by atoms with Crippen LogP contribution >= 0.6 is 0 Å². The number of nitro benzene ring substituents is 1. The van der Waals surface area contributed by atoms with Crippen LogP contribution in [0.3, 0.4) is 0 Å². The SMILES string of the molecule is Cc1ccc2oc(C(=O)Nc3ccc([N+](=O)[O-])cc3)c(C)c2c1. The maximum atomic E-state index is 12.4. The molecule has 0 bridgehead atoms. The minimum absolute atomic E-state index is 0.0293. The van der Waals surface area contributed by atoms with Crippen molar-refractivity contribution in [2.45, 2.75) is 13.8 Å². The van der Waals surface area contributed by atoms with Crippen LogP contribution < -0.4 is 5.32 Å². The minimum Gasteiger partial charge on any atom is -0.451 e. The second kappa shape index (κ2) is 5.57. The highest BCUT2D eigenvalue weighted by molar-refractivity contribution is 6.06. The third-order valence-electron chi connectivity index (χ3n) is 3.63. The monoisotopic (exact) mass is 310 g/mol. The number of nitro groups is 1. The van der Waals surface area contributed by atoms with E-state index in [9.17, 15) is 14.9 Å². The highest BCUT2D eigenvalue weighted by Gasteiger charge is 2.18. The number of hydrogen-bond donors (Lipinski definition) is 1. The summed E-state index contributed by atoms with van der Waals surface area (Å²) in [7, 11) is 0. The number of carbonyl (C=O) groups is 1. The number of nitrogens with zero attached hydrogens (tertiary/aromatic N) is 1. The number of benzene rings is 2. The molecule has 0 fully saturated rings. The van der Waals surface area contributed by atoms with E-state index in [1.165, 1.54) is 24.3 Å². The lowest BCUT2D eigenvalue weighted by atomic mass is 10.1. The van der Waals surface area contributed by atoms with E-state index >= 15 is 0 Å². The van der Waals surface area contributed by atoms with Gasteiger partial charge in [0.15, 0.2) is 5.76 Å². The molecule has 0 aliphatic carbocycles. The topological polar surface area (TPSA) is 85.4 Å².